The Hall–Kier alpha value is -1.58. The lowest BCUT2D eigenvalue weighted by Crippen LogP contribution is -2.44. The van der Waals surface area contributed by atoms with Crippen LogP contribution in [0.3, 0.4) is 0 Å². The summed E-state index contributed by atoms with van der Waals surface area (Å²) in [4.78, 5) is 11.2. The number of nitrogens with one attached hydrogen (secondary N) is 1. The summed E-state index contributed by atoms with van der Waals surface area (Å²) < 4.78 is 13.1. The van der Waals surface area contributed by atoms with Gasteiger partial charge in [0.05, 0.1) is 0 Å². The zero-order chi connectivity index (χ0) is 11.2. The molecule has 0 saturated carbocycles. The molecule has 3 nitrogen and oxygen atoms in total. The molecule has 0 fully saturated rings. The van der Waals surface area contributed by atoms with Crippen LogP contribution in [0.2, 0.25) is 0 Å². The first-order valence-electron chi connectivity index (χ1n) is 4.79. The largest absolute Gasteiger partial charge is 0.373 e. The first kappa shape index (κ1) is 9.96. The van der Waals surface area contributed by atoms with Crippen molar-refractivity contribution in [1.82, 2.24) is 0 Å². The minimum atomic E-state index is -0.478. The standard InChI is InChI=1S/C11H13FN2O/c1-11(2)7-5-6(12)3-4-8(7)14-9(11)10(13)15/h3-5,9,14H,1-2H3,(H2,13,15). The van der Waals surface area contributed by atoms with Gasteiger partial charge in [0.1, 0.15) is 11.9 Å². The molecule has 1 unspecified atom stereocenters. The highest BCUT2D eigenvalue weighted by atomic mass is 19.1. The second kappa shape index (κ2) is 2.95. The van der Waals surface area contributed by atoms with Gasteiger partial charge in [0.25, 0.3) is 0 Å². The molecule has 1 amide bonds. The molecule has 1 heterocycles. The Bertz CT molecular complexity index is 429. The first-order valence-corrected chi connectivity index (χ1v) is 4.79. The molecule has 1 aliphatic rings. The Morgan fingerprint density at radius 3 is 2.80 bits per heavy atom. The average Bonchev–Trinajstić information content (AvgIpc) is 2.39. The molecule has 4 heteroatoms. The number of carbonyl (C=O) groups is 1. The van der Waals surface area contributed by atoms with Gasteiger partial charge in [-0.1, -0.05) is 13.8 Å². The number of anilines is 1. The third kappa shape index (κ3) is 1.37. The molecule has 0 bridgehead atoms. The highest BCUT2D eigenvalue weighted by Gasteiger charge is 2.42. The number of rotatable bonds is 1. The van der Waals surface area contributed by atoms with Crippen LogP contribution in [0, 0.1) is 5.82 Å². The fourth-order valence-electron chi connectivity index (χ4n) is 2.09. The van der Waals surface area contributed by atoms with Gasteiger partial charge in [-0.2, -0.15) is 0 Å². The van der Waals surface area contributed by atoms with Crippen LogP contribution < -0.4 is 11.1 Å². The van der Waals surface area contributed by atoms with Gasteiger partial charge in [-0.3, -0.25) is 4.79 Å². The third-order valence-corrected chi connectivity index (χ3v) is 2.98. The zero-order valence-corrected chi connectivity index (χ0v) is 8.67. The van der Waals surface area contributed by atoms with Crippen molar-refractivity contribution in [3.8, 4) is 0 Å². The monoisotopic (exact) mass is 208 g/mol. The van der Waals surface area contributed by atoms with E-state index in [1.165, 1.54) is 12.1 Å². The summed E-state index contributed by atoms with van der Waals surface area (Å²) in [5.74, 6) is -0.717. The normalized spacial score (nSPS) is 21.9. The Balaban J connectivity index is 2.53. The topological polar surface area (TPSA) is 55.1 Å². The zero-order valence-electron chi connectivity index (χ0n) is 8.67. The van der Waals surface area contributed by atoms with Gasteiger partial charge in [-0.25, -0.2) is 4.39 Å². The van der Waals surface area contributed by atoms with Gasteiger partial charge in [-0.05, 0) is 23.8 Å². The van der Waals surface area contributed by atoms with Crippen molar-refractivity contribution in [1.29, 1.82) is 0 Å². The second-order valence-electron chi connectivity index (χ2n) is 4.39. The summed E-state index contributed by atoms with van der Waals surface area (Å²) in [6, 6.07) is 3.97. The third-order valence-electron chi connectivity index (χ3n) is 2.98. The van der Waals surface area contributed by atoms with Crippen molar-refractivity contribution < 1.29 is 9.18 Å². The molecule has 0 spiro atoms. The van der Waals surface area contributed by atoms with Crippen LogP contribution in [0.25, 0.3) is 0 Å². The number of carbonyl (C=O) groups excluding carboxylic acids is 1. The van der Waals surface area contributed by atoms with Gasteiger partial charge in [0, 0.05) is 11.1 Å². The van der Waals surface area contributed by atoms with E-state index in [4.69, 9.17) is 5.73 Å². The lowest BCUT2D eigenvalue weighted by Gasteiger charge is -2.24. The fourth-order valence-corrected chi connectivity index (χ4v) is 2.09. The van der Waals surface area contributed by atoms with Gasteiger partial charge >= 0.3 is 0 Å². The molecule has 1 atom stereocenters. The molecule has 1 aliphatic heterocycles. The number of hydrogen-bond donors (Lipinski definition) is 2. The smallest absolute Gasteiger partial charge is 0.240 e. The highest BCUT2D eigenvalue weighted by Crippen LogP contribution is 2.40. The van der Waals surface area contributed by atoms with Crippen LogP contribution >= 0.6 is 0 Å². The molecule has 3 N–H and O–H groups in total. The highest BCUT2D eigenvalue weighted by molar-refractivity contribution is 5.88. The van der Waals surface area contributed by atoms with Crippen molar-refractivity contribution >= 4 is 11.6 Å². The van der Waals surface area contributed by atoms with Crippen molar-refractivity contribution in [3.63, 3.8) is 0 Å². The maximum atomic E-state index is 13.1. The van der Waals surface area contributed by atoms with E-state index in [1.807, 2.05) is 13.8 Å². The molecule has 2 rings (SSSR count). The Labute approximate surface area is 87.5 Å². The average molecular weight is 208 g/mol. The van der Waals surface area contributed by atoms with E-state index in [9.17, 15) is 9.18 Å². The molecular formula is C11H13FN2O. The van der Waals surface area contributed by atoms with Gasteiger partial charge in [0.15, 0.2) is 0 Å². The van der Waals surface area contributed by atoms with Crippen LogP contribution in [0.4, 0.5) is 10.1 Å². The SMILES string of the molecule is CC1(C)c2cc(F)ccc2NC1C(N)=O. The molecule has 0 aliphatic carbocycles. The maximum absolute atomic E-state index is 13.1. The van der Waals surface area contributed by atoms with Gasteiger partial charge in [0.2, 0.25) is 5.91 Å². The van der Waals surface area contributed by atoms with Crippen LogP contribution in [0.15, 0.2) is 18.2 Å². The molecule has 1 aromatic carbocycles. The quantitative estimate of drug-likeness (QED) is 0.732. The van der Waals surface area contributed by atoms with E-state index in [0.717, 1.165) is 11.3 Å². The number of halogens is 1. The predicted molar refractivity (Wildman–Crippen MR) is 56.0 cm³/mol. The summed E-state index contributed by atoms with van der Waals surface area (Å²) in [5, 5.41) is 3.01. The maximum Gasteiger partial charge on any atom is 0.240 e. The first-order chi connectivity index (χ1) is 6.93. The van der Waals surface area contributed by atoms with E-state index < -0.39 is 17.4 Å². The Morgan fingerprint density at radius 2 is 2.20 bits per heavy atom. The summed E-state index contributed by atoms with van der Waals surface area (Å²) in [7, 11) is 0. The van der Waals surface area contributed by atoms with Crippen LogP contribution in [-0.2, 0) is 10.2 Å². The van der Waals surface area contributed by atoms with Crippen molar-refractivity contribution in [2.45, 2.75) is 25.3 Å². The molecule has 15 heavy (non-hydrogen) atoms. The molecule has 80 valence electrons. The molecule has 0 saturated heterocycles. The van der Waals surface area contributed by atoms with Crippen LogP contribution in [0.5, 0.6) is 0 Å². The van der Waals surface area contributed by atoms with E-state index in [2.05, 4.69) is 5.32 Å². The minimum Gasteiger partial charge on any atom is -0.373 e. The summed E-state index contributed by atoms with van der Waals surface area (Å²) in [6.07, 6.45) is 0. The van der Waals surface area contributed by atoms with Crippen molar-refractivity contribution in [3.05, 3.63) is 29.6 Å². The summed E-state index contributed by atoms with van der Waals surface area (Å²) >= 11 is 0. The lowest BCUT2D eigenvalue weighted by atomic mass is 9.80. The summed E-state index contributed by atoms with van der Waals surface area (Å²) in [5.41, 5.74) is 6.41. The Kier molecular flexibility index (Phi) is 1.96. The number of primary amides is 1. The number of amides is 1. The van der Waals surface area contributed by atoms with E-state index in [1.54, 1.807) is 6.07 Å². The summed E-state index contributed by atoms with van der Waals surface area (Å²) in [6.45, 7) is 3.75. The van der Waals surface area contributed by atoms with Crippen LogP contribution in [-0.4, -0.2) is 11.9 Å². The van der Waals surface area contributed by atoms with E-state index >= 15 is 0 Å². The van der Waals surface area contributed by atoms with Crippen LogP contribution in [0.1, 0.15) is 19.4 Å². The molecule has 0 aromatic heterocycles. The van der Waals surface area contributed by atoms with Gasteiger partial charge in [-0.15, -0.1) is 0 Å². The lowest BCUT2D eigenvalue weighted by molar-refractivity contribution is -0.119. The minimum absolute atomic E-state index is 0.297. The van der Waals surface area contributed by atoms with E-state index in [0.29, 0.717) is 0 Å². The molecule has 0 radical (unpaired) electrons. The number of hydrogen-bond acceptors (Lipinski definition) is 2. The number of fused-ring (bicyclic) bond motifs is 1. The fraction of sp³-hybridized carbons (Fsp3) is 0.364. The number of benzene rings is 1. The van der Waals surface area contributed by atoms with E-state index in [-0.39, 0.29) is 5.82 Å². The second-order valence-corrected chi connectivity index (χ2v) is 4.39. The molecule has 1 aromatic rings. The molecular weight excluding hydrogens is 195 g/mol. The van der Waals surface area contributed by atoms with Crippen molar-refractivity contribution in [2.24, 2.45) is 5.73 Å². The van der Waals surface area contributed by atoms with Crippen molar-refractivity contribution in [2.75, 3.05) is 5.32 Å². The Morgan fingerprint density at radius 1 is 1.53 bits per heavy atom. The number of nitrogens with two attached hydrogens (primary N) is 1. The predicted octanol–water partition coefficient (Wildman–Crippen LogP) is 1.38. The van der Waals surface area contributed by atoms with Gasteiger partial charge < -0.3 is 11.1 Å².